The predicted octanol–water partition coefficient (Wildman–Crippen LogP) is 6.43. The zero-order valence-electron chi connectivity index (χ0n) is 17.1. The second-order valence-electron chi connectivity index (χ2n) is 8.65. The summed E-state index contributed by atoms with van der Waals surface area (Å²) in [6.07, 6.45) is 2.79. The van der Waals surface area contributed by atoms with E-state index >= 15 is 0 Å². The summed E-state index contributed by atoms with van der Waals surface area (Å²) in [6, 6.07) is 30.8. The smallest absolute Gasteiger partial charge is 0.0769 e. The van der Waals surface area contributed by atoms with Crippen LogP contribution in [-0.4, -0.2) is 11.4 Å². The molecule has 0 spiro atoms. The number of benzene rings is 4. The molecule has 3 aliphatic rings. The van der Waals surface area contributed by atoms with E-state index in [0.29, 0.717) is 0 Å². The highest BCUT2D eigenvalue weighted by Gasteiger charge is 2.26. The van der Waals surface area contributed by atoms with Gasteiger partial charge in [0, 0.05) is 12.0 Å². The lowest BCUT2D eigenvalue weighted by Crippen LogP contribution is -2.07. The van der Waals surface area contributed by atoms with E-state index in [1.165, 1.54) is 55.6 Å². The van der Waals surface area contributed by atoms with Gasteiger partial charge in [-0.1, -0.05) is 78.9 Å². The Hall–Kier alpha value is -3.78. The molecule has 2 nitrogen and oxygen atoms in total. The normalized spacial score (nSPS) is 15.1. The van der Waals surface area contributed by atoms with E-state index in [-0.39, 0.29) is 0 Å². The summed E-state index contributed by atoms with van der Waals surface area (Å²) in [5.74, 6) is 0. The first-order valence-corrected chi connectivity index (χ1v) is 10.9. The molecule has 31 heavy (non-hydrogen) atoms. The van der Waals surface area contributed by atoms with Crippen molar-refractivity contribution in [2.75, 3.05) is 0 Å². The molecule has 0 saturated heterocycles. The zero-order valence-corrected chi connectivity index (χ0v) is 17.1. The van der Waals surface area contributed by atoms with Gasteiger partial charge in [0.15, 0.2) is 0 Å². The summed E-state index contributed by atoms with van der Waals surface area (Å²) in [6.45, 7) is 0. The van der Waals surface area contributed by atoms with Crippen LogP contribution in [0.3, 0.4) is 0 Å². The van der Waals surface area contributed by atoms with Crippen LogP contribution in [0.4, 0.5) is 0 Å². The van der Waals surface area contributed by atoms with Crippen molar-refractivity contribution >= 4 is 11.4 Å². The third-order valence-electron chi connectivity index (χ3n) is 6.88. The van der Waals surface area contributed by atoms with E-state index in [1.807, 2.05) is 0 Å². The van der Waals surface area contributed by atoms with E-state index in [4.69, 9.17) is 0 Å². The second-order valence-corrected chi connectivity index (χ2v) is 8.65. The SMILES string of the molecule is c1ccc2c(c1)Cc1cc(C3=NN=C(c4cccc5c4-c4ccccc4C5)C3)ccc1-2. The summed E-state index contributed by atoms with van der Waals surface area (Å²) < 4.78 is 0. The van der Waals surface area contributed by atoms with Gasteiger partial charge in [0.05, 0.1) is 11.4 Å². The number of hydrogen-bond acceptors (Lipinski definition) is 2. The third kappa shape index (κ3) is 2.51. The van der Waals surface area contributed by atoms with Crippen molar-refractivity contribution in [1.29, 1.82) is 0 Å². The van der Waals surface area contributed by atoms with Crippen LogP contribution in [0.1, 0.15) is 39.8 Å². The van der Waals surface area contributed by atoms with E-state index in [9.17, 15) is 0 Å². The third-order valence-corrected chi connectivity index (χ3v) is 6.88. The van der Waals surface area contributed by atoms with Crippen molar-refractivity contribution in [3.8, 4) is 22.3 Å². The highest BCUT2D eigenvalue weighted by Crippen LogP contribution is 2.40. The van der Waals surface area contributed by atoms with Crippen LogP contribution in [0, 0.1) is 0 Å². The first kappa shape index (κ1) is 17.0. The Kier molecular flexibility index (Phi) is 3.48. The molecule has 0 fully saturated rings. The van der Waals surface area contributed by atoms with Gasteiger partial charge in [-0.15, -0.1) is 0 Å². The topological polar surface area (TPSA) is 24.7 Å². The summed E-state index contributed by atoms with van der Waals surface area (Å²) in [5, 5.41) is 9.28. The fourth-order valence-electron chi connectivity index (χ4n) is 5.41. The minimum absolute atomic E-state index is 0.782. The molecular formula is C29H20N2. The zero-order chi connectivity index (χ0) is 20.4. The molecule has 0 amide bonds. The van der Waals surface area contributed by atoms with Gasteiger partial charge >= 0.3 is 0 Å². The van der Waals surface area contributed by atoms with E-state index in [2.05, 4.69) is 95.1 Å². The van der Waals surface area contributed by atoms with Crippen LogP contribution in [-0.2, 0) is 12.8 Å². The monoisotopic (exact) mass is 396 g/mol. The van der Waals surface area contributed by atoms with Crippen molar-refractivity contribution in [1.82, 2.24) is 0 Å². The van der Waals surface area contributed by atoms with Gasteiger partial charge in [-0.2, -0.15) is 10.2 Å². The van der Waals surface area contributed by atoms with Gasteiger partial charge in [-0.05, 0) is 69.0 Å². The molecule has 0 bridgehead atoms. The summed E-state index contributed by atoms with van der Waals surface area (Å²) in [4.78, 5) is 0. The Labute approximate surface area is 181 Å². The molecule has 4 aromatic carbocycles. The fourth-order valence-corrected chi connectivity index (χ4v) is 5.41. The highest BCUT2D eigenvalue weighted by atomic mass is 15.2. The predicted molar refractivity (Wildman–Crippen MR) is 127 cm³/mol. The Morgan fingerprint density at radius 3 is 2.00 bits per heavy atom. The number of hydrogen-bond donors (Lipinski definition) is 0. The van der Waals surface area contributed by atoms with Gasteiger partial charge in [0.1, 0.15) is 0 Å². The molecule has 4 aromatic rings. The summed E-state index contributed by atoms with van der Waals surface area (Å²) >= 11 is 0. The van der Waals surface area contributed by atoms with Gasteiger partial charge in [0.2, 0.25) is 0 Å². The molecule has 146 valence electrons. The molecule has 0 radical (unpaired) electrons. The molecule has 7 rings (SSSR count). The molecular weight excluding hydrogens is 376 g/mol. The molecule has 0 aromatic heterocycles. The standard InChI is InChI=1S/C29H20N2/c1-3-9-23-18(6-1)15-22-16-20(12-13-24(22)23)27-17-28(31-30-27)26-11-5-8-21-14-19-7-2-4-10-25(19)29(21)26/h1-13,16H,14-15,17H2. The lowest BCUT2D eigenvalue weighted by Gasteiger charge is -2.10. The van der Waals surface area contributed by atoms with E-state index in [1.54, 1.807) is 0 Å². The van der Waals surface area contributed by atoms with Crippen molar-refractivity contribution in [2.45, 2.75) is 19.3 Å². The molecule has 0 saturated carbocycles. The number of nitrogens with zero attached hydrogens (tertiary/aromatic N) is 2. The average molecular weight is 396 g/mol. The minimum atomic E-state index is 0.782. The lowest BCUT2D eigenvalue weighted by atomic mass is 9.92. The van der Waals surface area contributed by atoms with Crippen molar-refractivity contribution in [3.05, 3.63) is 118 Å². The Balaban J connectivity index is 1.21. The van der Waals surface area contributed by atoms with Crippen LogP contribution in [0.2, 0.25) is 0 Å². The maximum absolute atomic E-state index is 4.65. The number of rotatable bonds is 2. The van der Waals surface area contributed by atoms with Gasteiger partial charge < -0.3 is 0 Å². The molecule has 2 heteroatoms. The molecule has 0 atom stereocenters. The fraction of sp³-hybridized carbons (Fsp3) is 0.103. The molecule has 2 aliphatic carbocycles. The maximum atomic E-state index is 4.65. The van der Waals surface area contributed by atoms with Crippen LogP contribution in [0.5, 0.6) is 0 Å². The molecule has 1 heterocycles. The Morgan fingerprint density at radius 2 is 1.10 bits per heavy atom. The van der Waals surface area contributed by atoms with E-state index < -0.39 is 0 Å². The average Bonchev–Trinajstić information content (AvgIpc) is 3.53. The maximum Gasteiger partial charge on any atom is 0.0769 e. The quantitative estimate of drug-likeness (QED) is 0.322. The van der Waals surface area contributed by atoms with E-state index in [0.717, 1.165) is 30.7 Å². The largest absolute Gasteiger partial charge is 0.154 e. The van der Waals surface area contributed by atoms with Crippen LogP contribution in [0.15, 0.2) is 95.1 Å². The van der Waals surface area contributed by atoms with Crippen molar-refractivity contribution < 1.29 is 0 Å². The highest BCUT2D eigenvalue weighted by molar-refractivity contribution is 6.22. The first-order chi connectivity index (χ1) is 15.3. The molecule has 1 aliphatic heterocycles. The second kappa shape index (κ2) is 6.36. The van der Waals surface area contributed by atoms with Crippen LogP contribution >= 0.6 is 0 Å². The van der Waals surface area contributed by atoms with Crippen molar-refractivity contribution in [3.63, 3.8) is 0 Å². The minimum Gasteiger partial charge on any atom is -0.154 e. The molecule has 0 N–H and O–H groups in total. The van der Waals surface area contributed by atoms with Gasteiger partial charge in [-0.3, -0.25) is 0 Å². The lowest BCUT2D eigenvalue weighted by molar-refractivity contribution is 1.25. The van der Waals surface area contributed by atoms with Gasteiger partial charge in [0.25, 0.3) is 0 Å². The van der Waals surface area contributed by atoms with Gasteiger partial charge in [-0.25, -0.2) is 0 Å². The van der Waals surface area contributed by atoms with Crippen LogP contribution in [0.25, 0.3) is 22.3 Å². The number of fused-ring (bicyclic) bond motifs is 6. The Morgan fingerprint density at radius 1 is 0.452 bits per heavy atom. The Bertz CT molecular complexity index is 1460. The summed E-state index contributed by atoms with van der Waals surface area (Å²) in [7, 11) is 0. The first-order valence-electron chi connectivity index (χ1n) is 10.9. The summed E-state index contributed by atoms with van der Waals surface area (Å²) in [5.41, 5.74) is 15.6. The molecule has 0 unspecified atom stereocenters. The van der Waals surface area contributed by atoms with Crippen LogP contribution < -0.4 is 0 Å². The van der Waals surface area contributed by atoms with Crippen molar-refractivity contribution in [2.24, 2.45) is 10.2 Å².